The van der Waals surface area contributed by atoms with Crippen LogP contribution in [0.1, 0.15) is 12.0 Å². The molecule has 0 aromatic heterocycles. The number of thioether (sulfide) groups is 1. The van der Waals surface area contributed by atoms with E-state index in [-0.39, 0.29) is 18.3 Å². The van der Waals surface area contributed by atoms with Crippen LogP contribution in [0.3, 0.4) is 0 Å². The molecule has 25 heavy (non-hydrogen) atoms. The maximum atomic E-state index is 13.6. The van der Waals surface area contributed by atoms with Crippen LogP contribution in [0.25, 0.3) is 0 Å². The Morgan fingerprint density at radius 1 is 1.24 bits per heavy atom. The van der Waals surface area contributed by atoms with E-state index in [1.165, 1.54) is 12.1 Å². The van der Waals surface area contributed by atoms with Gasteiger partial charge in [-0.25, -0.2) is 9.38 Å². The van der Waals surface area contributed by atoms with Gasteiger partial charge in [0.25, 0.3) is 5.91 Å². The molecule has 0 radical (unpaired) electrons. The summed E-state index contributed by atoms with van der Waals surface area (Å²) in [5, 5.41) is 0.669. The van der Waals surface area contributed by atoms with Gasteiger partial charge >= 0.3 is 0 Å². The van der Waals surface area contributed by atoms with E-state index in [4.69, 9.17) is 4.74 Å². The molecule has 3 rings (SSSR count). The third-order valence-corrected chi connectivity index (χ3v) is 4.87. The van der Waals surface area contributed by atoms with E-state index in [0.29, 0.717) is 11.7 Å². The molecule has 0 aliphatic carbocycles. The molecule has 6 heteroatoms. The third-order valence-electron chi connectivity index (χ3n) is 3.81. The lowest BCUT2D eigenvalue weighted by Gasteiger charge is -2.27. The van der Waals surface area contributed by atoms with Crippen LogP contribution in [0.5, 0.6) is 5.75 Å². The van der Waals surface area contributed by atoms with Crippen molar-refractivity contribution < 1.29 is 13.9 Å². The number of hydrogen-bond acceptors (Lipinski definition) is 4. The van der Waals surface area contributed by atoms with E-state index >= 15 is 0 Å². The van der Waals surface area contributed by atoms with Crippen LogP contribution >= 0.6 is 11.8 Å². The van der Waals surface area contributed by atoms with E-state index in [1.54, 1.807) is 28.8 Å². The predicted molar refractivity (Wildman–Crippen MR) is 99.0 cm³/mol. The molecule has 0 unspecified atom stereocenters. The molecule has 0 atom stereocenters. The Hall–Kier alpha value is -2.34. The molecule has 1 fully saturated rings. The van der Waals surface area contributed by atoms with Crippen LogP contribution in [0.15, 0.2) is 53.5 Å². The van der Waals surface area contributed by atoms with E-state index < -0.39 is 5.82 Å². The summed E-state index contributed by atoms with van der Waals surface area (Å²) < 4.78 is 19.0. The molecule has 1 amide bonds. The van der Waals surface area contributed by atoms with Crippen molar-refractivity contribution in [2.45, 2.75) is 13.3 Å². The molecule has 2 aromatic rings. The van der Waals surface area contributed by atoms with Gasteiger partial charge in [-0.05, 0) is 37.1 Å². The summed E-state index contributed by atoms with van der Waals surface area (Å²) in [4.78, 5) is 18.8. The van der Waals surface area contributed by atoms with Crippen molar-refractivity contribution in [3.8, 4) is 5.75 Å². The highest BCUT2D eigenvalue weighted by atomic mass is 32.2. The van der Waals surface area contributed by atoms with Gasteiger partial charge in [0.1, 0.15) is 0 Å². The smallest absolute Gasteiger partial charge is 0.266 e. The summed E-state index contributed by atoms with van der Waals surface area (Å²) in [6, 6.07) is 13.9. The molecule has 4 nitrogen and oxygen atoms in total. The molecule has 0 N–H and O–H groups in total. The summed E-state index contributed by atoms with van der Waals surface area (Å²) in [6.45, 7) is 2.37. The van der Waals surface area contributed by atoms with Crippen molar-refractivity contribution >= 4 is 28.5 Å². The summed E-state index contributed by atoms with van der Waals surface area (Å²) in [6.07, 6.45) is 0.892. The van der Waals surface area contributed by atoms with Crippen LogP contribution in [-0.2, 0) is 4.79 Å². The zero-order valence-corrected chi connectivity index (χ0v) is 14.8. The first-order valence-electron chi connectivity index (χ1n) is 8.10. The second-order valence-corrected chi connectivity index (χ2v) is 6.71. The predicted octanol–water partition coefficient (Wildman–Crippen LogP) is 4.17. The van der Waals surface area contributed by atoms with Crippen molar-refractivity contribution in [1.82, 2.24) is 4.90 Å². The fraction of sp³-hybridized carbons (Fsp3) is 0.263. The van der Waals surface area contributed by atoms with E-state index in [1.807, 2.05) is 31.2 Å². The van der Waals surface area contributed by atoms with Crippen molar-refractivity contribution in [2.75, 3.05) is 18.9 Å². The lowest BCUT2D eigenvalue weighted by molar-refractivity contribution is -0.129. The van der Waals surface area contributed by atoms with E-state index in [9.17, 15) is 9.18 Å². The highest BCUT2D eigenvalue weighted by Crippen LogP contribution is 2.25. The lowest BCUT2D eigenvalue weighted by atomic mass is 10.2. The number of amidine groups is 1. The monoisotopic (exact) mass is 358 g/mol. The van der Waals surface area contributed by atoms with Gasteiger partial charge < -0.3 is 4.74 Å². The molecule has 1 aliphatic heterocycles. The summed E-state index contributed by atoms with van der Waals surface area (Å²) >= 11 is 1.55. The average molecular weight is 358 g/mol. The number of para-hydroxylation sites is 2. The van der Waals surface area contributed by atoms with Gasteiger partial charge in [0.2, 0.25) is 0 Å². The Kier molecular flexibility index (Phi) is 5.71. The molecule has 0 spiro atoms. The third kappa shape index (κ3) is 4.39. The van der Waals surface area contributed by atoms with Crippen LogP contribution in [0, 0.1) is 12.7 Å². The highest BCUT2D eigenvalue weighted by Gasteiger charge is 2.24. The summed E-state index contributed by atoms with van der Waals surface area (Å²) in [5.41, 5.74) is 1.90. The first-order chi connectivity index (χ1) is 12.1. The van der Waals surface area contributed by atoms with Gasteiger partial charge in [-0.1, -0.05) is 42.1 Å². The number of nitrogens with zero attached hydrogens (tertiary/aromatic N) is 2. The topological polar surface area (TPSA) is 41.9 Å². The number of ether oxygens (including phenoxy) is 1. The highest BCUT2D eigenvalue weighted by molar-refractivity contribution is 8.13. The number of benzene rings is 2. The van der Waals surface area contributed by atoms with Crippen molar-refractivity contribution in [2.24, 2.45) is 4.99 Å². The maximum Gasteiger partial charge on any atom is 0.266 e. The lowest BCUT2D eigenvalue weighted by Crippen LogP contribution is -2.41. The minimum absolute atomic E-state index is 0.0814. The molecule has 0 bridgehead atoms. The Labute approximate surface area is 150 Å². The zero-order valence-electron chi connectivity index (χ0n) is 13.9. The number of aryl methyl sites for hydroxylation is 1. The van der Waals surface area contributed by atoms with E-state index in [0.717, 1.165) is 23.4 Å². The SMILES string of the molecule is Cc1ccccc1N=C1SCCCN1C(=O)COc1ccccc1F. The average Bonchev–Trinajstić information content (AvgIpc) is 2.63. The fourth-order valence-electron chi connectivity index (χ4n) is 2.45. The van der Waals surface area contributed by atoms with Gasteiger partial charge in [0.15, 0.2) is 23.3 Å². The Balaban J connectivity index is 1.73. The van der Waals surface area contributed by atoms with Crippen LogP contribution in [-0.4, -0.2) is 34.9 Å². The van der Waals surface area contributed by atoms with Gasteiger partial charge in [-0.3, -0.25) is 9.69 Å². The van der Waals surface area contributed by atoms with Crippen molar-refractivity contribution in [1.29, 1.82) is 0 Å². The molecule has 130 valence electrons. The minimum Gasteiger partial charge on any atom is -0.481 e. The number of aliphatic imine (C=N–C) groups is 1. The number of rotatable bonds is 4. The first kappa shape index (κ1) is 17.5. The van der Waals surface area contributed by atoms with Crippen molar-refractivity contribution in [3.63, 3.8) is 0 Å². The Bertz CT molecular complexity index is 794. The molecule has 1 aliphatic rings. The Morgan fingerprint density at radius 2 is 2.00 bits per heavy atom. The maximum absolute atomic E-state index is 13.6. The Morgan fingerprint density at radius 3 is 2.80 bits per heavy atom. The minimum atomic E-state index is -0.475. The number of halogens is 1. The largest absolute Gasteiger partial charge is 0.481 e. The fourth-order valence-corrected chi connectivity index (χ4v) is 3.42. The van der Waals surface area contributed by atoms with Crippen LogP contribution < -0.4 is 4.74 Å². The van der Waals surface area contributed by atoms with Gasteiger partial charge in [0.05, 0.1) is 5.69 Å². The standard InChI is InChI=1S/C19H19FN2O2S/c1-14-7-2-4-9-16(14)21-19-22(11-6-12-25-19)18(23)13-24-17-10-5-3-8-15(17)20/h2-5,7-10H,6,11-13H2,1H3. The molecular weight excluding hydrogens is 339 g/mol. The summed E-state index contributed by atoms with van der Waals surface area (Å²) in [5.74, 6) is 0.306. The molecule has 1 saturated heterocycles. The molecule has 1 heterocycles. The summed E-state index contributed by atoms with van der Waals surface area (Å²) in [7, 11) is 0. The molecule has 2 aromatic carbocycles. The first-order valence-corrected chi connectivity index (χ1v) is 9.08. The zero-order chi connectivity index (χ0) is 17.6. The number of hydrogen-bond donors (Lipinski definition) is 0. The second kappa shape index (κ2) is 8.16. The second-order valence-electron chi connectivity index (χ2n) is 5.65. The van der Waals surface area contributed by atoms with Gasteiger partial charge in [0, 0.05) is 12.3 Å². The van der Waals surface area contributed by atoms with Gasteiger partial charge in [-0.2, -0.15) is 0 Å². The number of carbonyl (C=O) groups excluding carboxylic acids is 1. The molecule has 0 saturated carbocycles. The van der Waals surface area contributed by atoms with E-state index in [2.05, 4.69) is 4.99 Å². The van der Waals surface area contributed by atoms with Crippen molar-refractivity contribution in [3.05, 3.63) is 59.9 Å². The molecular formula is C19H19FN2O2S. The van der Waals surface area contributed by atoms with Crippen LogP contribution in [0.4, 0.5) is 10.1 Å². The number of amides is 1. The number of carbonyl (C=O) groups is 1. The normalized spacial score (nSPS) is 16.1. The quantitative estimate of drug-likeness (QED) is 0.824. The van der Waals surface area contributed by atoms with Gasteiger partial charge in [-0.15, -0.1) is 0 Å². The van der Waals surface area contributed by atoms with Crippen LogP contribution in [0.2, 0.25) is 0 Å².